The maximum absolute atomic E-state index is 13.6. The molecule has 2 aromatic rings. The second-order valence-electron chi connectivity index (χ2n) is 8.93. The lowest BCUT2D eigenvalue weighted by molar-refractivity contribution is -0.386. The van der Waals surface area contributed by atoms with Crippen LogP contribution in [0.25, 0.3) is 0 Å². The van der Waals surface area contributed by atoms with Crippen molar-refractivity contribution in [2.45, 2.75) is 45.6 Å². The van der Waals surface area contributed by atoms with Gasteiger partial charge in [0.1, 0.15) is 6.04 Å². The van der Waals surface area contributed by atoms with Crippen LogP contribution in [0.4, 0.5) is 11.4 Å². The number of nitrogens with zero attached hydrogens (tertiary/aromatic N) is 2. The lowest BCUT2D eigenvalue weighted by Gasteiger charge is -2.36. The Morgan fingerprint density at radius 3 is 2.50 bits per heavy atom. The standard InChI is InChI=1S/C24H29N3O5/c1-15(2)17-6-8-18(9-7-17)25-24(28)23(26-10-4-5-16(3)13-26)19-11-21-22(32-14-31-21)12-20(19)27(29)30/h6-9,11-12,15-16,23H,4-5,10,13-14H2,1-3H3,(H,25,28)/t16-,23+/m0/s1. The van der Waals surface area contributed by atoms with E-state index < -0.39 is 11.0 Å². The highest BCUT2D eigenvalue weighted by molar-refractivity contribution is 5.96. The number of rotatable bonds is 6. The van der Waals surface area contributed by atoms with Crippen LogP contribution >= 0.6 is 0 Å². The van der Waals surface area contributed by atoms with E-state index >= 15 is 0 Å². The molecular weight excluding hydrogens is 410 g/mol. The fraction of sp³-hybridized carbons (Fsp3) is 0.458. The van der Waals surface area contributed by atoms with Crippen molar-refractivity contribution < 1.29 is 19.2 Å². The van der Waals surface area contributed by atoms with Crippen LogP contribution in [0.2, 0.25) is 0 Å². The van der Waals surface area contributed by atoms with Crippen LogP contribution in [0, 0.1) is 16.0 Å². The van der Waals surface area contributed by atoms with Crippen molar-refractivity contribution in [2.75, 3.05) is 25.2 Å². The molecule has 0 aromatic heterocycles. The molecule has 4 rings (SSSR count). The fourth-order valence-corrected chi connectivity index (χ4v) is 4.45. The molecule has 8 nitrogen and oxygen atoms in total. The first-order valence-electron chi connectivity index (χ1n) is 11.1. The molecule has 1 amide bonds. The van der Waals surface area contributed by atoms with E-state index in [1.165, 1.54) is 11.6 Å². The highest BCUT2D eigenvalue weighted by Gasteiger charge is 2.37. The van der Waals surface area contributed by atoms with E-state index in [0.717, 1.165) is 12.8 Å². The summed E-state index contributed by atoms with van der Waals surface area (Å²) in [5.41, 5.74) is 2.03. The van der Waals surface area contributed by atoms with Crippen molar-refractivity contribution in [3.8, 4) is 11.5 Å². The van der Waals surface area contributed by atoms with Gasteiger partial charge in [-0.05, 0) is 55.0 Å². The maximum atomic E-state index is 13.6. The highest BCUT2D eigenvalue weighted by Crippen LogP contribution is 2.42. The molecule has 0 unspecified atom stereocenters. The van der Waals surface area contributed by atoms with Crippen molar-refractivity contribution in [2.24, 2.45) is 5.92 Å². The van der Waals surface area contributed by atoms with E-state index in [9.17, 15) is 14.9 Å². The summed E-state index contributed by atoms with van der Waals surface area (Å²) in [5, 5.41) is 14.9. The molecule has 170 valence electrons. The summed E-state index contributed by atoms with van der Waals surface area (Å²) >= 11 is 0. The Morgan fingerprint density at radius 1 is 1.19 bits per heavy atom. The Balaban J connectivity index is 1.71. The SMILES string of the molecule is CC(C)c1ccc(NC(=O)[C@@H](c2cc3c(cc2[N+](=O)[O-])OCO3)N2CCC[C@H](C)C2)cc1. The molecule has 0 spiro atoms. The van der Waals surface area contributed by atoms with E-state index in [1.807, 2.05) is 29.2 Å². The van der Waals surface area contributed by atoms with Gasteiger partial charge in [0, 0.05) is 12.2 Å². The minimum Gasteiger partial charge on any atom is -0.454 e. The Hall–Kier alpha value is -3.13. The molecule has 0 aliphatic carbocycles. The lowest BCUT2D eigenvalue weighted by atomic mass is 9.94. The molecule has 2 heterocycles. The number of nitro groups is 1. The van der Waals surface area contributed by atoms with E-state index in [2.05, 4.69) is 26.1 Å². The maximum Gasteiger partial charge on any atom is 0.278 e. The summed E-state index contributed by atoms with van der Waals surface area (Å²) in [6.45, 7) is 7.76. The zero-order chi connectivity index (χ0) is 22.8. The van der Waals surface area contributed by atoms with Gasteiger partial charge in [0.2, 0.25) is 12.7 Å². The first-order chi connectivity index (χ1) is 15.3. The normalized spacial score (nSPS) is 19.1. The number of carbonyl (C=O) groups is 1. The van der Waals surface area contributed by atoms with Crippen LogP contribution in [-0.2, 0) is 4.79 Å². The number of hydrogen-bond acceptors (Lipinski definition) is 6. The lowest BCUT2D eigenvalue weighted by Crippen LogP contribution is -2.43. The monoisotopic (exact) mass is 439 g/mol. The molecule has 2 aromatic carbocycles. The quantitative estimate of drug-likeness (QED) is 0.510. The Bertz CT molecular complexity index is 1010. The van der Waals surface area contributed by atoms with Gasteiger partial charge >= 0.3 is 0 Å². The summed E-state index contributed by atoms with van der Waals surface area (Å²) < 4.78 is 10.8. The molecular formula is C24H29N3O5. The molecule has 0 bridgehead atoms. The van der Waals surface area contributed by atoms with Crippen molar-refractivity contribution in [3.63, 3.8) is 0 Å². The molecule has 1 N–H and O–H groups in total. The summed E-state index contributed by atoms with van der Waals surface area (Å²) in [5.74, 6) is 1.25. The van der Waals surface area contributed by atoms with Crippen LogP contribution in [0.15, 0.2) is 36.4 Å². The van der Waals surface area contributed by atoms with Crippen LogP contribution < -0.4 is 14.8 Å². The first-order valence-corrected chi connectivity index (χ1v) is 11.1. The van der Waals surface area contributed by atoms with E-state index in [1.54, 1.807) is 6.07 Å². The number of benzene rings is 2. The largest absolute Gasteiger partial charge is 0.454 e. The third kappa shape index (κ3) is 4.55. The second kappa shape index (κ2) is 9.16. The topological polar surface area (TPSA) is 93.9 Å². The Kier molecular flexibility index (Phi) is 6.32. The number of ether oxygens (including phenoxy) is 2. The smallest absolute Gasteiger partial charge is 0.278 e. The molecule has 8 heteroatoms. The molecule has 2 aliphatic rings. The number of anilines is 1. The van der Waals surface area contributed by atoms with E-state index in [0.29, 0.717) is 47.7 Å². The highest BCUT2D eigenvalue weighted by atomic mass is 16.7. The summed E-state index contributed by atoms with van der Waals surface area (Å²) in [6, 6.07) is 9.86. The Labute approximate surface area is 187 Å². The van der Waals surface area contributed by atoms with Crippen molar-refractivity contribution in [3.05, 3.63) is 57.6 Å². The van der Waals surface area contributed by atoms with Gasteiger partial charge in [0.05, 0.1) is 16.6 Å². The zero-order valence-corrected chi connectivity index (χ0v) is 18.7. The van der Waals surface area contributed by atoms with Gasteiger partial charge in [-0.15, -0.1) is 0 Å². The van der Waals surface area contributed by atoms with E-state index in [-0.39, 0.29) is 18.4 Å². The van der Waals surface area contributed by atoms with Crippen LogP contribution in [-0.4, -0.2) is 35.6 Å². The number of hydrogen-bond donors (Lipinski definition) is 1. The molecule has 32 heavy (non-hydrogen) atoms. The average Bonchev–Trinajstić information content (AvgIpc) is 3.21. The van der Waals surface area contributed by atoms with Crippen LogP contribution in [0.3, 0.4) is 0 Å². The molecule has 1 fully saturated rings. The molecule has 0 radical (unpaired) electrons. The van der Waals surface area contributed by atoms with Gasteiger partial charge in [-0.3, -0.25) is 19.8 Å². The fourth-order valence-electron chi connectivity index (χ4n) is 4.45. The molecule has 2 atom stereocenters. The van der Waals surface area contributed by atoms with Crippen LogP contribution in [0.1, 0.15) is 56.7 Å². The van der Waals surface area contributed by atoms with Crippen molar-refractivity contribution in [1.29, 1.82) is 0 Å². The molecule has 2 aliphatic heterocycles. The van der Waals surface area contributed by atoms with Crippen molar-refractivity contribution >= 4 is 17.3 Å². The second-order valence-corrected chi connectivity index (χ2v) is 8.93. The van der Waals surface area contributed by atoms with Gasteiger partial charge in [-0.25, -0.2) is 0 Å². The number of amides is 1. The summed E-state index contributed by atoms with van der Waals surface area (Å²) in [6.07, 6.45) is 2.01. The van der Waals surface area contributed by atoms with Gasteiger partial charge in [0.25, 0.3) is 5.69 Å². The third-order valence-corrected chi connectivity index (χ3v) is 6.16. The Morgan fingerprint density at radius 2 is 1.88 bits per heavy atom. The average molecular weight is 440 g/mol. The van der Waals surface area contributed by atoms with Gasteiger partial charge in [-0.1, -0.05) is 32.9 Å². The number of fused-ring (bicyclic) bond motifs is 1. The van der Waals surface area contributed by atoms with Crippen LogP contribution in [0.5, 0.6) is 11.5 Å². The summed E-state index contributed by atoms with van der Waals surface area (Å²) in [4.78, 5) is 27.1. The predicted molar refractivity (Wildman–Crippen MR) is 121 cm³/mol. The molecule has 0 saturated carbocycles. The van der Waals surface area contributed by atoms with Crippen molar-refractivity contribution in [1.82, 2.24) is 4.90 Å². The zero-order valence-electron chi connectivity index (χ0n) is 18.7. The predicted octanol–water partition coefficient (Wildman–Crippen LogP) is 4.86. The van der Waals surface area contributed by atoms with E-state index in [4.69, 9.17) is 9.47 Å². The van der Waals surface area contributed by atoms with Gasteiger partial charge in [-0.2, -0.15) is 0 Å². The number of nitrogens with one attached hydrogen (secondary N) is 1. The van der Waals surface area contributed by atoms with Gasteiger partial charge < -0.3 is 14.8 Å². The third-order valence-electron chi connectivity index (χ3n) is 6.16. The molecule has 1 saturated heterocycles. The number of carbonyl (C=O) groups excluding carboxylic acids is 1. The number of piperidine rings is 1. The minimum atomic E-state index is -0.808. The number of nitro benzene ring substituents is 1. The van der Waals surface area contributed by atoms with Gasteiger partial charge in [0.15, 0.2) is 11.5 Å². The summed E-state index contributed by atoms with van der Waals surface area (Å²) in [7, 11) is 0. The minimum absolute atomic E-state index is 0.00967. The first kappa shape index (κ1) is 22.1. The number of likely N-dealkylation sites (tertiary alicyclic amines) is 1.